The minimum absolute atomic E-state index is 0.744. The van der Waals surface area contributed by atoms with Crippen LogP contribution in [0.5, 0.6) is 0 Å². The number of halogens is 2. The predicted octanol–water partition coefficient (Wildman–Crippen LogP) is 3.32. The van der Waals surface area contributed by atoms with Crippen molar-refractivity contribution in [1.29, 1.82) is 0 Å². The molecule has 1 heterocycles. The minimum atomic E-state index is 0.744. The smallest absolute Gasteiger partial charge is 0.183 e. The molecular weight excluding hydrogens is 326 g/mol. The average Bonchev–Trinajstić information content (AvgIpc) is 2.52. The van der Waals surface area contributed by atoms with Gasteiger partial charge in [0.25, 0.3) is 0 Å². The maximum Gasteiger partial charge on any atom is 0.183 e. The predicted molar refractivity (Wildman–Crippen MR) is 66.9 cm³/mol. The fourth-order valence-corrected chi connectivity index (χ4v) is 1.79. The summed E-state index contributed by atoms with van der Waals surface area (Å²) >= 11 is 6.67. The van der Waals surface area contributed by atoms with Crippen molar-refractivity contribution >= 4 is 31.9 Å². The number of ether oxygens (including phenoxy) is 1. The van der Waals surface area contributed by atoms with Gasteiger partial charge in [0.05, 0.1) is 11.0 Å². The lowest BCUT2D eigenvalue weighted by Crippen LogP contribution is -2.15. The number of nitrogens with one attached hydrogen (secondary N) is 1. The van der Waals surface area contributed by atoms with E-state index in [1.165, 1.54) is 0 Å². The Hall–Kier alpha value is 0.160. The molecule has 0 spiro atoms. The lowest BCUT2D eigenvalue weighted by molar-refractivity contribution is 0.144. The zero-order valence-electron chi connectivity index (χ0n) is 8.69. The molecular formula is C10H15Br2NO2. The van der Waals surface area contributed by atoms with Crippen molar-refractivity contribution in [2.45, 2.75) is 19.9 Å². The third kappa shape index (κ3) is 5.15. The molecule has 0 fully saturated rings. The van der Waals surface area contributed by atoms with E-state index in [0.29, 0.717) is 0 Å². The van der Waals surface area contributed by atoms with Crippen LogP contribution in [0.15, 0.2) is 19.6 Å². The number of rotatable bonds is 7. The summed E-state index contributed by atoms with van der Waals surface area (Å²) in [5, 5.41) is 3.29. The first kappa shape index (κ1) is 13.2. The summed E-state index contributed by atoms with van der Waals surface area (Å²) in [7, 11) is 0. The second kappa shape index (κ2) is 7.44. The first-order valence-corrected chi connectivity index (χ1v) is 6.54. The first-order chi connectivity index (χ1) is 7.24. The van der Waals surface area contributed by atoms with Gasteiger partial charge < -0.3 is 14.5 Å². The van der Waals surface area contributed by atoms with Crippen LogP contribution in [0.2, 0.25) is 0 Å². The molecule has 5 heteroatoms. The number of hydrogen-bond donors (Lipinski definition) is 1. The first-order valence-electron chi connectivity index (χ1n) is 4.96. The summed E-state index contributed by atoms with van der Waals surface area (Å²) < 4.78 is 12.3. The van der Waals surface area contributed by atoms with E-state index in [1.54, 1.807) is 0 Å². The van der Waals surface area contributed by atoms with Gasteiger partial charge in [-0.3, -0.25) is 0 Å². The van der Waals surface area contributed by atoms with Crippen molar-refractivity contribution in [2.75, 3.05) is 19.8 Å². The Labute approximate surface area is 107 Å². The van der Waals surface area contributed by atoms with Crippen LogP contribution in [0.25, 0.3) is 0 Å². The van der Waals surface area contributed by atoms with E-state index in [2.05, 4.69) is 37.2 Å². The summed E-state index contributed by atoms with van der Waals surface area (Å²) in [6, 6.07) is 1.96. The van der Waals surface area contributed by atoms with Gasteiger partial charge in [0.2, 0.25) is 0 Å². The highest BCUT2D eigenvalue weighted by Crippen LogP contribution is 2.26. The largest absolute Gasteiger partial charge is 0.452 e. The van der Waals surface area contributed by atoms with Gasteiger partial charge in [-0.1, -0.05) is 0 Å². The van der Waals surface area contributed by atoms with Crippen LogP contribution in [0.1, 0.15) is 19.1 Å². The Bertz CT molecular complexity index is 269. The fraction of sp³-hybridized carbons (Fsp3) is 0.600. The molecule has 0 bridgehead atoms. The topological polar surface area (TPSA) is 34.4 Å². The van der Waals surface area contributed by atoms with Gasteiger partial charge in [-0.25, -0.2) is 0 Å². The van der Waals surface area contributed by atoms with Crippen LogP contribution >= 0.6 is 31.9 Å². The molecule has 1 rings (SSSR count). The zero-order valence-corrected chi connectivity index (χ0v) is 11.9. The molecule has 0 aliphatic carbocycles. The van der Waals surface area contributed by atoms with Crippen LogP contribution in [0, 0.1) is 0 Å². The summed E-state index contributed by atoms with van der Waals surface area (Å²) in [4.78, 5) is 0. The molecule has 1 aromatic rings. The van der Waals surface area contributed by atoms with E-state index in [0.717, 1.165) is 47.6 Å². The molecule has 0 saturated heterocycles. The van der Waals surface area contributed by atoms with E-state index in [1.807, 2.05) is 13.0 Å². The van der Waals surface area contributed by atoms with E-state index < -0.39 is 0 Å². The summed E-state index contributed by atoms with van der Waals surface area (Å²) in [6.07, 6.45) is 1.02. The fourth-order valence-electron chi connectivity index (χ4n) is 1.13. The Morgan fingerprint density at radius 2 is 2.27 bits per heavy atom. The van der Waals surface area contributed by atoms with Crippen molar-refractivity contribution in [3.63, 3.8) is 0 Å². The van der Waals surface area contributed by atoms with Crippen molar-refractivity contribution in [2.24, 2.45) is 0 Å². The van der Waals surface area contributed by atoms with Gasteiger partial charge in [0, 0.05) is 13.2 Å². The maximum atomic E-state index is 5.42. The molecule has 1 aromatic heterocycles. The molecule has 0 aromatic carbocycles. The van der Waals surface area contributed by atoms with Crippen molar-refractivity contribution in [1.82, 2.24) is 5.32 Å². The van der Waals surface area contributed by atoms with Crippen LogP contribution in [0.3, 0.4) is 0 Å². The van der Waals surface area contributed by atoms with E-state index >= 15 is 0 Å². The molecule has 0 saturated carbocycles. The number of furan rings is 1. The lowest BCUT2D eigenvalue weighted by Gasteiger charge is -2.02. The van der Waals surface area contributed by atoms with E-state index in [4.69, 9.17) is 9.15 Å². The maximum absolute atomic E-state index is 5.42. The third-order valence-corrected chi connectivity index (χ3v) is 3.55. The molecule has 0 aliphatic heterocycles. The molecule has 0 radical (unpaired) electrons. The number of hydrogen-bond acceptors (Lipinski definition) is 3. The normalized spacial score (nSPS) is 10.9. The van der Waals surface area contributed by atoms with Gasteiger partial charge in [-0.15, -0.1) is 0 Å². The molecule has 0 atom stereocenters. The van der Waals surface area contributed by atoms with Gasteiger partial charge in [-0.05, 0) is 57.8 Å². The van der Waals surface area contributed by atoms with E-state index in [9.17, 15) is 0 Å². The summed E-state index contributed by atoms with van der Waals surface area (Å²) in [5.41, 5.74) is 0. The molecule has 3 nitrogen and oxygen atoms in total. The van der Waals surface area contributed by atoms with Gasteiger partial charge >= 0.3 is 0 Å². The Morgan fingerprint density at radius 1 is 1.47 bits per heavy atom. The lowest BCUT2D eigenvalue weighted by atomic mass is 10.4. The van der Waals surface area contributed by atoms with Crippen LogP contribution in [-0.2, 0) is 11.3 Å². The quantitative estimate of drug-likeness (QED) is 0.773. The Kier molecular flexibility index (Phi) is 6.56. The molecule has 0 aliphatic rings. The SMILES string of the molecule is CCOCCCNCc1cc(Br)c(Br)o1. The second-order valence-electron chi connectivity index (χ2n) is 3.06. The highest BCUT2D eigenvalue weighted by atomic mass is 79.9. The van der Waals surface area contributed by atoms with Crippen LogP contribution in [0.4, 0.5) is 0 Å². The minimum Gasteiger partial charge on any atom is -0.452 e. The van der Waals surface area contributed by atoms with Crippen molar-refractivity contribution in [3.05, 3.63) is 21.0 Å². The van der Waals surface area contributed by atoms with Crippen molar-refractivity contribution < 1.29 is 9.15 Å². The Balaban J connectivity index is 2.10. The highest BCUT2D eigenvalue weighted by Gasteiger charge is 2.04. The summed E-state index contributed by atoms with van der Waals surface area (Å²) in [5.74, 6) is 0.921. The van der Waals surface area contributed by atoms with E-state index in [-0.39, 0.29) is 0 Å². The van der Waals surface area contributed by atoms with Gasteiger partial charge in [-0.2, -0.15) is 0 Å². The molecule has 1 N–H and O–H groups in total. The average molecular weight is 341 g/mol. The third-order valence-electron chi connectivity index (χ3n) is 1.84. The highest BCUT2D eigenvalue weighted by molar-refractivity contribution is 9.13. The molecule has 15 heavy (non-hydrogen) atoms. The molecule has 86 valence electrons. The van der Waals surface area contributed by atoms with Crippen LogP contribution < -0.4 is 5.32 Å². The monoisotopic (exact) mass is 339 g/mol. The van der Waals surface area contributed by atoms with Crippen LogP contribution in [-0.4, -0.2) is 19.8 Å². The van der Waals surface area contributed by atoms with Gasteiger partial charge in [0.1, 0.15) is 5.76 Å². The zero-order chi connectivity index (χ0) is 11.1. The second-order valence-corrected chi connectivity index (χ2v) is 4.64. The summed E-state index contributed by atoms with van der Waals surface area (Å²) in [6.45, 7) is 5.30. The molecule has 0 amide bonds. The van der Waals surface area contributed by atoms with Crippen molar-refractivity contribution in [3.8, 4) is 0 Å². The Morgan fingerprint density at radius 3 is 2.87 bits per heavy atom. The standard InChI is InChI=1S/C10H15Br2NO2/c1-2-14-5-3-4-13-7-8-6-9(11)10(12)15-8/h6,13H,2-5,7H2,1H3. The van der Waals surface area contributed by atoms with Gasteiger partial charge in [0.15, 0.2) is 4.67 Å². The molecule has 0 unspecified atom stereocenters.